The number of carbonyl (C=O) groups excluding carboxylic acids is 2. The zero-order chi connectivity index (χ0) is 12.4. The molecule has 0 atom stereocenters. The van der Waals surface area contributed by atoms with Crippen LogP contribution in [-0.2, 0) is 11.3 Å². The number of nitrogens with zero attached hydrogens (tertiary/aromatic N) is 2. The van der Waals surface area contributed by atoms with Crippen LogP contribution in [0.2, 0.25) is 5.02 Å². The second-order valence-corrected chi connectivity index (χ2v) is 4.96. The molecule has 2 N–H and O–H groups in total. The third-order valence-corrected chi connectivity index (χ3v) is 3.53. The molecule has 0 unspecified atom stereocenters. The summed E-state index contributed by atoms with van der Waals surface area (Å²) in [4.78, 5) is 28.3. The molecule has 5 nitrogen and oxygen atoms in total. The molecule has 1 fully saturated rings. The van der Waals surface area contributed by atoms with Gasteiger partial charge in [-0.2, -0.15) is 0 Å². The fourth-order valence-electron chi connectivity index (χ4n) is 1.45. The monoisotopic (exact) mass is 271 g/mol. The number of hydrogen-bond acceptors (Lipinski definition) is 5. The van der Waals surface area contributed by atoms with Crippen molar-refractivity contribution in [3.05, 3.63) is 22.8 Å². The molecule has 1 saturated heterocycles. The second kappa shape index (κ2) is 4.93. The number of aromatic nitrogens is 1. The molecular weight excluding hydrogens is 262 g/mol. The minimum atomic E-state index is -0.262. The third-order valence-electron chi connectivity index (χ3n) is 2.31. The van der Waals surface area contributed by atoms with Crippen LogP contribution in [0.4, 0.5) is 10.6 Å². The Morgan fingerprint density at radius 3 is 2.94 bits per heavy atom. The van der Waals surface area contributed by atoms with Crippen LogP contribution < -0.4 is 5.73 Å². The van der Waals surface area contributed by atoms with Crippen molar-refractivity contribution in [2.45, 2.75) is 13.0 Å². The minimum Gasteiger partial charge on any atom is -0.384 e. The average molecular weight is 272 g/mol. The van der Waals surface area contributed by atoms with Crippen molar-refractivity contribution in [3.63, 3.8) is 0 Å². The van der Waals surface area contributed by atoms with Gasteiger partial charge >= 0.3 is 0 Å². The summed E-state index contributed by atoms with van der Waals surface area (Å²) >= 11 is 7.06. The number of anilines is 1. The molecule has 2 rings (SSSR count). The van der Waals surface area contributed by atoms with Crippen LogP contribution >= 0.6 is 23.4 Å². The van der Waals surface area contributed by atoms with E-state index in [1.807, 2.05) is 0 Å². The molecule has 1 aromatic rings. The van der Waals surface area contributed by atoms with Crippen molar-refractivity contribution < 1.29 is 9.59 Å². The Kier molecular flexibility index (Phi) is 3.54. The summed E-state index contributed by atoms with van der Waals surface area (Å²) in [7, 11) is 0. The minimum absolute atomic E-state index is 0.0779. The van der Waals surface area contributed by atoms with Crippen LogP contribution in [0.25, 0.3) is 0 Å². The molecule has 0 radical (unpaired) electrons. The fraction of sp³-hybridized carbons (Fsp3) is 0.300. The normalized spacial score (nSPS) is 16.4. The van der Waals surface area contributed by atoms with E-state index in [4.69, 9.17) is 17.3 Å². The zero-order valence-electron chi connectivity index (χ0n) is 8.85. The number of pyridine rings is 1. The van der Waals surface area contributed by atoms with Gasteiger partial charge in [0.05, 0.1) is 17.3 Å². The second-order valence-electron chi connectivity index (χ2n) is 3.51. The van der Waals surface area contributed by atoms with Gasteiger partial charge in [0.2, 0.25) is 5.91 Å². The molecule has 0 bridgehead atoms. The number of halogens is 1. The summed E-state index contributed by atoms with van der Waals surface area (Å²) in [6, 6.07) is 3.17. The molecule has 17 heavy (non-hydrogen) atoms. The summed E-state index contributed by atoms with van der Waals surface area (Å²) < 4.78 is 0. The Hall–Kier alpha value is -1.27. The van der Waals surface area contributed by atoms with Crippen LogP contribution in [0.5, 0.6) is 0 Å². The molecule has 1 aliphatic rings. The summed E-state index contributed by atoms with van der Waals surface area (Å²) in [5.74, 6) is 0.648. The molecule has 90 valence electrons. The summed E-state index contributed by atoms with van der Waals surface area (Å²) in [5.41, 5.74) is 5.98. The number of carbonyl (C=O) groups is 2. The van der Waals surface area contributed by atoms with Crippen molar-refractivity contribution >= 4 is 40.3 Å². The van der Waals surface area contributed by atoms with Gasteiger partial charge in [0.25, 0.3) is 5.24 Å². The Morgan fingerprint density at radius 1 is 1.47 bits per heavy atom. The molecule has 0 saturated carbocycles. The van der Waals surface area contributed by atoms with E-state index in [-0.39, 0.29) is 17.7 Å². The standard InChI is InChI=1S/C10H10ClN3O2S/c11-6-1-2-8(12)13-7(6)5-14-9(15)3-4-17-10(14)16/h1-2H,3-5H2,(H2,12,13). The molecule has 1 aliphatic heterocycles. The van der Waals surface area contributed by atoms with Gasteiger partial charge in [0.15, 0.2) is 0 Å². The summed E-state index contributed by atoms with van der Waals surface area (Å²) in [6.07, 6.45) is 0.357. The Balaban J connectivity index is 2.21. The first-order valence-electron chi connectivity index (χ1n) is 4.96. The lowest BCUT2D eigenvalue weighted by molar-refractivity contribution is -0.128. The summed E-state index contributed by atoms with van der Waals surface area (Å²) in [6.45, 7) is 0.0779. The van der Waals surface area contributed by atoms with Gasteiger partial charge in [0, 0.05) is 12.2 Å². The third kappa shape index (κ3) is 2.70. The van der Waals surface area contributed by atoms with Gasteiger partial charge in [-0.25, -0.2) is 4.98 Å². The number of nitrogens with two attached hydrogens (primary N) is 1. The highest BCUT2D eigenvalue weighted by Crippen LogP contribution is 2.23. The maximum atomic E-state index is 11.6. The van der Waals surface area contributed by atoms with Crippen LogP contribution in [0.3, 0.4) is 0 Å². The number of hydrogen-bond donors (Lipinski definition) is 1. The highest BCUT2D eigenvalue weighted by Gasteiger charge is 2.27. The highest BCUT2D eigenvalue weighted by molar-refractivity contribution is 8.13. The van der Waals surface area contributed by atoms with Crippen LogP contribution in [-0.4, -0.2) is 26.8 Å². The van der Waals surface area contributed by atoms with Crippen molar-refractivity contribution in [2.75, 3.05) is 11.5 Å². The molecule has 7 heteroatoms. The smallest absolute Gasteiger partial charge is 0.288 e. The number of imide groups is 1. The topological polar surface area (TPSA) is 76.3 Å². The van der Waals surface area contributed by atoms with E-state index in [0.29, 0.717) is 28.7 Å². The molecule has 0 aromatic carbocycles. The van der Waals surface area contributed by atoms with Crippen molar-refractivity contribution in [1.29, 1.82) is 0 Å². The van der Waals surface area contributed by atoms with Gasteiger partial charge in [-0.1, -0.05) is 23.4 Å². The Morgan fingerprint density at radius 2 is 2.24 bits per heavy atom. The first-order chi connectivity index (χ1) is 8.08. The molecule has 1 aromatic heterocycles. The largest absolute Gasteiger partial charge is 0.384 e. The Bertz CT molecular complexity index is 465. The predicted octanol–water partition coefficient (Wildman–Crippen LogP) is 1.90. The van der Waals surface area contributed by atoms with Gasteiger partial charge in [-0.15, -0.1) is 0 Å². The fourth-order valence-corrected chi connectivity index (χ4v) is 2.39. The molecule has 2 amide bonds. The number of nitrogen functional groups attached to an aromatic ring is 1. The lowest BCUT2D eigenvalue weighted by Crippen LogP contribution is -2.37. The molecule has 2 heterocycles. The predicted molar refractivity (Wildman–Crippen MR) is 66.7 cm³/mol. The van der Waals surface area contributed by atoms with Gasteiger partial charge in [-0.05, 0) is 12.1 Å². The molecule has 0 spiro atoms. The SMILES string of the molecule is Nc1ccc(Cl)c(CN2C(=O)CCSC2=O)n1. The van der Waals surface area contributed by atoms with Crippen molar-refractivity contribution in [3.8, 4) is 0 Å². The van der Waals surface area contributed by atoms with Crippen molar-refractivity contribution in [1.82, 2.24) is 9.88 Å². The first kappa shape index (κ1) is 12.2. The quantitative estimate of drug-likeness (QED) is 0.889. The summed E-state index contributed by atoms with van der Waals surface area (Å²) in [5, 5.41) is 0.136. The maximum Gasteiger partial charge on any atom is 0.288 e. The van der Waals surface area contributed by atoms with E-state index in [1.54, 1.807) is 12.1 Å². The van der Waals surface area contributed by atoms with E-state index in [0.717, 1.165) is 16.7 Å². The van der Waals surface area contributed by atoms with E-state index in [2.05, 4.69) is 4.98 Å². The van der Waals surface area contributed by atoms with Gasteiger partial charge in [-0.3, -0.25) is 14.5 Å². The highest BCUT2D eigenvalue weighted by atomic mass is 35.5. The van der Waals surface area contributed by atoms with Crippen LogP contribution in [0, 0.1) is 0 Å². The van der Waals surface area contributed by atoms with E-state index >= 15 is 0 Å². The van der Waals surface area contributed by atoms with E-state index in [9.17, 15) is 9.59 Å². The van der Waals surface area contributed by atoms with E-state index < -0.39 is 0 Å². The molecule has 0 aliphatic carbocycles. The number of amides is 2. The van der Waals surface area contributed by atoms with Gasteiger partial charge < -0.3 is 5.73 Å². The number of thioether (sulfide) groups is 1. The van der Waals surface area contributed by atoms with Crippen molar-refractivity contribution in [2.24, 2.45) is 0 Å². The Labute approximate surface area is 107 Å². The van der Waals surface area contributed by atoms with Crippen LogP contribution in [0.1, 0.15) is 12.1 Å². The maximum absolute atomic E-state index is 11.6. The lowest BCUT2D eigenvalue weighted by atomic mass is 10.3. The van der Waals surface area contributed by atoms with Gasteiger partial charge in [0.1, 0.15) is 5.82 Å². The first-order valence-corrected chi connectivity index (χ1v) is 6.32. The lowest BCUT2D eigenvalue weighted by Gasteiger charge is -2.24. The number of rotatable bonds is 2. The van der Waals surface area contributed by atoms with Crippen LogP contribution in [0.15, 0.2) is 12.1 Å². The molecular formula is C10H10ClN3O2S. The van der Waals surface area contributed by atoms with E-state index in [1.165, 1.54) is 0 Å². The average Bonchev–Trinajstić information content (AvgIpc) is 2.28. The zero-order valence-corrected chi connectivity index (χ0v) is 10.4.